The Labute approximate surface area is 182 Å². The normalized spacial score (nSPS) is 21.0. The van der Waals surface area contributed by atoms with Crippen molar-refractivity contribution in [2.45, 2.75) is 30.8 Å². The number of alkyl halides is 3. The summed E-state index contributed by atoms with van der Waals surface area (Å²) >= 11 is 5.51. The van der Waals surface area contributed by atoms with Gasteiger partial charge in [0.05, 0.1) is 6.10 Å². The predicted molar refractivity (Wildman–Crippen MR) is 103 cm³/mol. The summed E-state index contributed by atoms with van der Waals surface area (Å²) in [6, 6.07) is 1.02. The van der Waals surface area contributed by atoms with Gasteiger partial charge in [-0.25, -0.2) is 27.0 Å². The highest BCUT2D eigenvalue weighted by atomic mass is 35.5. The quantitative estimate of drug-likeness (QED) is 0.133. The molecule has 1 heterocycles. The van der Waals surface area contributed by atoms with Crippen molar-refractivity contribution in [2.75, 3.05) is 11.6 Å². The van der Waals surface area contributed by atoms with Crippen molar-refractivity contribution in [2.24, 2.45) is 5.92 Å². The number of aliphatic hydroxyl groups is 2. The largest absolute Gasteiger partial charge is 0.488 e. The van der Waals surface area contributed by atoms with Crippen LogP contribution in [0.15, 0.2) is 17.1 Å². The Hall–Kier alpha value is -0.800. The van der Waals surface area contributed by atoms with Gasteiger partial charge in [-0.1, -0.05) is 0 Å². The first-order valence-corrected chi connectivity index (χ1v) is 13.3. The van der Waals surface area contributed by atoms with Gasteiger partial charge in [0.2, 0.25) is 5.91 Å². The number of hydrogen-bond donors (Lipinski definition) is 7. The monoisotopic (exact) mass is 551 g/mol. The number of rotatable bonds is 12. The standard InChI is InChI=1S/C11H19ClF2N3O12P3/c12-4-5(3-6(13)30(21,22)28-32(26,27)29-31(23,24)25)9(18)8(14)10(19)17-2-1-7(15)16-11(17)20/h1-2,5-6,8-10,18-19H,3-4H2,(H,21,22)(H,26,27)(H2,15,16,20)(H2,23,24,25)/t5-,6+,8-,9-,10-/m1/s1. The van der Waals surface area contributed by atoms with Gasteiger partial charge < -0.3 is 35.5 Å². The van der Waals surface area contributed by atoms with Crippen molar-refractivity contribution in [3.05, 3.63) is 22.7 Å². The second-order valence-electron chi connectivity index (χ2n) is 6.16. The summed E-state index contributed by atoms with van der Waals surface area (Å²) < 4.78 is 69.8. The molecule has 0 spiro atoms. The van der Waals surface area contributed by atoms with E-state index in [-0.39, 0.29) is 5.82 Å². The highest BCUT2D eigenvalue weighted by molar-refractivity contribution is 7.68. The fraction of sp³-hybridized carbons (Fsp3) is 0.636. The van der Waals surface area contributed by atoms with E-state index in [0.717, 1.165) is 12.3 Å². The lowest BCUT2D eigenvalue weighted by molar-refractivity contribution is -0.0694. The topological polar surface area (TPSA) is 252 Å². The number of nitrogens with two attached hydrogens (primary N) is 1. The van der Waals surface area contributed by atoms with Crippen LogP contribution in [-0.2, 0) is 22.3 Å². The van der Waals surface area contributed by atoms with Crippen molar-refractivity contribution >= 4 is 40.7 Å². The van der Waals surface area contributed by atoms with E-state index in [9.17, 15) is 42.4 Å². The van der Waals surface area contributed by atoms with E-state index in [1.54, 1.807) is 0 Å². The van der Waals surface area contributed by atoms with E-state index in [1.165, 1.54) is 0 Å². The molecule has 7 atom stereocenters. The molecular formula is C11H19ClF2N3O12P3. The molecule has 1 rings (SSSR count). The van der Waals surface area contributed by atoms with Gasteiger partial charge >= 0.3 is 28.9 Å². The first-order chi connectivity index (χ1) is 14.4. The van der Waals surface area contributed by atoms with E-state index >= 15 is 0 Å². The second kappa shape index (κ2) is 11.1. The second-order valence-corrected chi connectivity index (χ2v) is 11.4. The maximum absolute atomic E-state index is 14.5. The van der Waals surface area contributed by atoms with Crippen LogP contribution in [-0.4, -0.2) is 63.4 Å². The minimum atomic E-state index is -5.93. The van der Waals surface area contributed by atoms with Gasteiger partial charge in [0, 0.05) is 18.0 Å². The van der Waals surface area contributed by atoms with Gasteiger partial charge in [-0.3, -0.25) is 9.13 Å². The minimum absolute atomic E-state index is 0.254. The van der Waals surface area contributed by atoms with Gasteiger partial charge in [0.1, 0.15) is 5.82 Å². The first kappa shape index (κ1) is 29.2. The summed E-state index contributed by atoms with van der Waals surface area (Å²) in [6.07, 6.45) is -7.87. The summed E-state index contributed by atoms with van der Waals surface area (Å²) in [5, 5.41) is 20.0. The van der Waals surface area contributed by atoms with Crippen LogP contribution in [0, 0.1) is 5.92 Å². The average molecular weight is 552 g/mol. The van der Waals surface area contributed by atoms with Gasteiger partial charge in [-0.05, 0) is 12.5 Å². The number of nitrogens with zero attached hydrogens (tertiary/aromatic N) is 2. The number of nitrogen functional groups attached to an aromatic ring is 1. The third-order valence-electron chi connectivity index (χ3n) is 3.71. The maximum atomic E-state index is 14.5. The van der Waals surface area contributed by atoms with Crippen LogP contribution < -0.4 is 11.4 Å². The number of aromatic nitrogens is 2. The number of phosphoric acid groups is 2. The Bertz CT molecular complexity index is 994. The van der Waals surface area contributed by atoms with E-state index in [2.05, 4.69) is 13.6 Å². The Morgan fingerprint density at radius 2 is 1.72 bits per heavy atom. The molecule has 0 saturated carbocycles. The zero-order valence-electron chi connectivity index (χ0n) is 15.5. The summed E-state index contributed by atoms with van der Waals surface area (Å²) in [6.45, 7) is 0. The summed E-state index contributed by atoms with van der Waals surface area (Å²) in [5.74, 6) is -5.90. The zero-order valence-corrected chi connectivity index (χ0v) is 19.0. The van der Waals surface area contributed by atoms with Gasteiger partial charge in [0.25, 0.3) is 0 Å². The third kappa shape index (κ3) is 8.52. The van der Waals surface area contributed by atoms with Gasteiger partial charge in [0.15, 0.2) is 12.4 Å². The summed E-state index contributed by atoms with van der Waals surface area (Å²) in [4.78, 5) is 50.3. The van der Waals surface area contributed by atoms with Crippen molar-refractivity contribution in [3.8, 4) is 0 Å². The molecule has 32 heavy (non-hydrogen) atoms. The van der Waals surface area contributed by atoms with Crippen molar-refractivity contribution < 1.29 is 60.9 Å². The number of aliphatic hydroxyl groups excluding tert-OH is 2. The first-order valence-electron chi connectivity index (χ1n) is 8.08. The molecule has 186 valence electrons. The highest BCUT2D eigenvalue weighted by Gasteiger charge is 2.46. The summed E-state index contributed by atoms with van der Waals surface area (Å²) in [5.41, 5.74) is 4.05. The number of halogens is 3. The SMILES string of the molecule is Nc1ccn([C@H](O)[C@H](F)[C@H](O)[C@@H](CCl)C[C@@H](F)P(=O)(O)OP(=O)(O)OP(=O)(O)O)c(=O)n1. The molecule has 0 aliphatic rings. The highest BCUT2D eigenvalue weighted by Crippen LogP contribution is 2.68. The number of hydrogen-bond acceptors (Lipinski definition) is 10. The van der Waals surface area contributed by atoms with E-state index in [4.69, 9.17) is 32.0 Å². The van der Waals surface area contributed by atoms with Crippen LogP contribution in [0.2, 0.25) is 0 Å². The van der Waals surface area contributed by atoms with E-state index in [1.807, 2.05) is 0 Å². The molecule has 0 aromatic carbocycles. The molecule has 0 bridgehead atoms. The van der Waals surface area contributed by atoms with Crippen LogP contribution >= 0.6 is 34.8 Å². The molecule has 0 saturated heterocycles. The lowest BCUT2D eigenvalue weighted by atomic mass is 9.96. The summed E-state index contributed by atoms with van der Waals surface area (Å²) in [7, 11) is -17.4. The number of anilines is 1. The molecule has 0 aliphatic carbocycles. The van der Waals surface area contributed by atoms with E-state index in [0.29, 0.717) is 4.57 Å². The average Bonchev–Trinajstić information content (AvgIpc) is 2.61. The van der Waals surface area contributed by atoms with Crippen molar-refractivity contribution in [1.29, 1.82) is 0 Å². The fourth-order valence-electron chi connectivity index (χ4n) is 2.24. The lowest BCUT2D eigenvalue weighted by Crippen LogP contribution is -2.42. The zero-order chi connectivity index (χ0) is 25.1. The molecule has 21 heteroatoms. The van der Waals surface area contributed by atoms with Crippen molar-refractivity contribution in [3.63, 3.8) is 0 Å². The van der Waals surface area contributed by atoms with Crippen LogP contribution in [0.25, 0.3) is 0 Å². The minimum Gasteiger partial charge on any atom is -0.390 e. The predicted octanol–water partition coefficient (Wildman–Crippen LogP) is -0.0322. The molecule has 0 amide bonds. The molecule has 1 aromatic heterocycles. The molecular weight excluding hydrogens is 533 g/mol. The maximum Gasteiger partial charge on any atom is 0.488 e. The molecule has 0 fully saturated rings. The molecule has 2 unspecified atom stereocenters. The van der Waals surface area contributed by atoms with Crippen LogP contribution in [0.1, 0.15) is 12.6 Å². The third-order valence-corrected chi connectivity index (χ3v) is 8.46. The van der Waals surface area contributed by atoms with Crippen LogP contribution in [0.4, 0.5) is 14.6 Å². The van der Waals surface area contributed by atoms with Crippen LogP contribution in [0.3, 0.4) is 0 Å². The van der Waals surface area contributed by atoms with Crippen LogP contribution in [0.5, 0.6) is 0 Å². The molecule has 0 radical (unpaired) electrons. The Kier molecular flexibility index (Phi) is 10.1. The van der Waals surface area contributed by atoms with Gasteiger partial charge in [-0.2, -0.15) is 9.29 Å². The molecule has 15 nitrogen and oxygen atoms in total. The Morgan fingerprint density at radius 1 is 1.16 bits per heavy atom. The smallest absolute Gasteiger partial charge is 0.390 e. The Morgan fingerprint density at radius 3 is 2.19 bits per heavy atom. The molecule has 1 aromatic rings. The fourth-order valence-corrected chi connectivity index (χ4v) is 6.14. The molecule has 8 N–H and O–H groups in total. The Balaban J connectivity index is 2.96. The van der Waals surface area contributed by atoms with Gasteiger partial charge in [-0.15, -0.1) is 11.6 Å². The molecule has 0 aliphatic heterocycles. The lowest BCUT2D eigenvalue weighted by Gasteiger charge is -2.29. The van der Waals surface area contributed by atoms with E-state index < -0.39 is 71.6 Å². The van der Waals surface area contributed by atoms with Crippen molar-refractivity contribution in [1.82, 2.24) is 9.55 Å².